The predicted octanol–water partition coefficient (Wildman–Crippen LogP) is 3.41. The molecule has 0 aromatic carbocycles. The zero-order valence-electron chi connectivity index (χ0n) is 10.4. The molecule has 2 heterocycles. The van der Waals surface area contributed by atoms with E-state index in [1.54, 1.807) is 0 Å². The number of hydrogen-bond donors (Lipinski definition) is 0. The number of carbonyl (C=O) groups is 1. The van der Waals surface area contributed by atoms with Crippen molar-refractivity contribution in [1.82, 2.24) is 4.90 Å². The van der Waals surface area contributed by atoms with E-state index < -0.39 is 0 Å². The Morgan fingerprint density at radius 1 is 1.50 bits per heavy atom. The summed E-state index contributed by atoms with van der Waals surface area (Å²) in [5, 5.41) is 3.16. The number of rotatable bonds is 2. The second kappa shape index (κ2) is 5.33. The number of nitrogens with zero attached hydrogens (tertiary/aromatic N) is 1. The van der Waals surface area contributed by atoms with Gasteiger partial charge in [-0.1, -0.05) is 15.9 Å². The molecule has 1 fully saturated rings. The summed E-state index contributed by atoms with van der Waals surface area (Å²) in [5.41, 5.74) is 1.32. The normalized spacial score (nSPS) is 27.3. The van der Waals surface area contributed by atoms with Gasteiger partial charge in [0, 0.05) is 23.3 Å². The van der Waals surface area contributed by atoms with Gasteiger partial charge in [-0.05, 0) is 48.6 Å². The molecule has 18 heavy (non-hydrogen) atoms. The van der Waals surface area contributed by atoms with Crippen LogP contribution in [0.1, 0.15) is 35.6 Å². The van der Waals surface area contributed by atoms with E-state index in [2.05, 4.69) is 32.3 Å². The minimum Gasteiger partial charge on any atom is -0.342 e. The molecular formula is C14H18BrNOS. The minimum absolute atomic E-state index is 0.147. The first-order chi connectivity index (χ1) is 8.79. The van der Waals surface area contributed by atoms with Crippen molar-refractivity contribution >= 4 is 33.2 Å². The lowest BCUT2D eigenvalue weighted by molar-refractivity contribution is -0.132. The van der Waals surface area contributed by atoms with E-state index in [0.717, 1.165) is 31.3 Å². The largest absolute Gasteiger partial charge is 0.342 e. The average molecular weight is 328 g/mol. The summed E-state index contributed by atoms with van der Waals surface area (Å²) in [6, 6.07) is 2.17. The van der Waals surface area contributed by atoms with Crippen LogP contribution >= 0.6 is 27.3 Å². The van der Waals surface area contributed by atoms with Crippen molar-refractivity contribution in [2.45, 2.75) is 31.6 Å². The molecule has 2 nitrogen and oxygen atoms in total. The monoisotopic (exact) mass is 327 g/mol. The molecule has 0 N–H and O–H groups in total. The molecule has 1 aliphatic heterocycles. The van der Waals surface area contributed by atoms with Crippen LogP contribution in [0.5, 0.6) is 0 Å². The number of likely N-dealkylation sites (tertiary alicyclic amines) is 1. The lowest BCUT2D eigenvalue weighted by Gasteiger charge is -2.26. The van der Waals surface area contributed by atoms with E-state index in [9.17, 15) is 4.79 Å². The summed E-state index contributed by atoms with van der Waals surface area (Å²) in [4.78, 5) is 16.2. The summed E-state index contributed by atoms with van der Waals surface area (Å²) >= 11 is 5.35. The summed E-state index contributed by atoms with van der Waals surface area (Å²) in [7, 11) is 0. The van der Waals surface area contributed by atoms with Gasteiger partial charge in [-0.3, -0.25) is 4.79 Å². The minimum atomic E-state index is 0.147. The Hall–Kier alpha value is -0.350. The zero-order chi connectivity index (χ0) is 12.5. The van der Waals surface area contributed by atoms with Gasteiger partial charge in [0.25, 0.3) is 0 Å². The molecule has 1 saturated heterocycles. The molecule has 0 spiro atoms. The number of halogens is 1. The molecule has 0 bridgehead atoms. The van der Waals surface area contributed by atoms with Gasteiger partial charge < -0.3 is 4.90 Å². The number of thiophene rings is 1. The lowest BCUT2D eigenvalue weighted by Crippen LogP contribution is -2.34. The van der Waals surface area contributed by atoms with Crippen molar-refractivity contribution in [3.8, 4) is 0 Å². The van der Waals surface area contributed by atoms with Crippen LogP contribution in [0.15, 0.2) is 11.4 Å². The van der Waals surface area contributed by atoms with Crippen molar-refractivity contribution < 1.29 is 4.79 Å². The summed E-state index contributed by atoms with van der Waals surface area (Å²) in [6.45, 7) is 1.89. The standard InChI is InChI=1S/C14H18BrNOS/c15-8-10-4-6-16(9-10)14(17)12-2-1-3-13-11(12)5-7-18-13/h5,7,10,12H,1-4,6,8-9H2. The first-order valence-corrected chi connectivity index (χ1v) is 8.70. The molecular weight excluding hydrogens is 310 g/mol. The highest BCUT2D eigenvalue weighted by Gasteiger charge is 2.33. The first kappa shape index (κ1) is 12.7. The van der Waals surface area contributed by atoms with Crippen LogP contribution in [-0.2, 0) is 11.2 Å². The highest BCUT2D eigenvalue weighted by molar-refractivity contribution is 9.09. The van der Waals surface area contributed by atoms with Crippen LogP contribution in [0.2, 0.25) is 0 Å². The van der Waals surface area contributed by atoms with Crippen LogP contribution in [0.4, 0.5) is 0 Å². The third-order valence-corrected chi connectivity index (χ3v) is 6.08. The van der Waals surface area contributed by atoms with E-state index in [1.807, 2.05) is 11.3 Å². The quantitative estimate of drug-likeness (QED) is 0.762. The molecule has 3 rings (SSSR count). The Labute approximate surface area is 120 Å². The Kier molecular flexibility index (Phi) is 3.76. The fraction of sp³-hybridized carbons (Fsp3) is 0.643. The van der Waals surface area contributed by atoms with Crippen molar-refractivity contribution in [3.05, 3.63) is 21.9 Å². The van der Waals surface area contributed by atoms with Gasteiger partial charge in [-0.15, -0.1) is 11.3 Å². The number of hydrogen-bond acceptors (Lipinski definition) is 2. The van der Waals surface area contributed by atoms with E-state index in [-0.39, 0.29) is 5.92 Å². The third kappa shape index (κ3) is 2.25. The topological polar surface area (TPSA) is 20.3 Å². The van der Waals surface area contributed by atoms with Gasteiger partial charge in [-0.25, -0.2) is 0 Å². The summed E-state index contributed by atoms with van der Waals surface area (Å²) < 4.78 is 0. The molecule has 4 heteroatoms. The molecule has 2 atom stereocenters. The number of aryl methyl sites for hydroxylation is 1. The second-order valence-corrected chi connectivity index (χ2v) is 6.99. The fourth-order valence-electron chi connectivity index (χ4n) is 3.12. The molecule has 98 valence electrons. The fourth-order valence-corrected chi connectivity index (χ4v) is 4.64. The molecule has 2 aliphatic rings. The van der Waals surface area contributed by atoms with Gasteiger partial charge in [0.05, 0.1) is 5.92 Å². The Balaban J connectivity index is 1.75. The Morgan fingerprint density at radius 2 is 2.39 bits per heavy atom. The molecule has 0 radical (unpaired) electrons. The predicted molar refractivity (Wildman–Crippen MR) is 78.5 cm³/mol. The maximum atomic E-state index is 12.6. The van der Waals surface area contributed by atoms with Gasteiger partial charge in [0.1, 0.15) is 0 Å². The maximum absolute atomic E-state index is 12.6. The van der Waals surface area contributed by atoms with Crippen molar-refractivity contribution in [1.29, 1.82) is 0 Å². The van der Waals surface area contributed by atoms with Crippen LogP contribution in [0, 0.1) is 5.92 Å². The summed E-state index contributed by atoms with van der Waals surface area (Å²) in [6.07, 6.45) is 4.53. The number of fused-ring (bicyclic) bond motifs is 1. The highest BCUT2D eigenvalue weighted by atomic mass is 79.9. The van der Waals surface area contributed by atoms with Crippen LogP contribution < -0.4 is 0 Å². The summed E-state index contributed by atoms with van der Waals surface area (Å²) in [5.74, 6) is 1.17. The van der Waals surface area contributed by atoms with Crippen molar-refractivity contribution in [2.75, 3.05) is 18.4 Å². The van der Waals surface area contributed by atoms with E-state index in [1.165, 1.54) is 23.3 Å². The van der Waals surface area contributed by atoms with E-state index in [4.69, 9.17) is 0 Å². The van der Waals surface area contributed by atoms with Crippen molar-refractivity contribution in [3.63, 3.8) is 0 Å². The first-order valence-electron chi connectivity index (χ1n) is 6.70. The number of alkyl halides is 1. The average Bonchev–Trinajstić information content (AvgIpc) is 3.05. The zero-order valence-corrected chi connectivity index (χ0v) is 12.8. The van der Waals surface area contributed by atoms with E-state index >= 15 is 0 Å². The van der Waals surface area contributed by atoms with Gasteiger partial charge in [-0.2, -0.15) is 0 Å². The SMILES string of the molecule is O=C(C1CCCc2sccc21)N1CCC(CBr)C1. The molecule has 0 saturated carbocycles. The lowest BCUT2D eigenvalue weighted by atomic mass is 9.87. The maximum Gasteiger partial charge on any atom is 0.230 e. The van der Waals surface area contributed by atoms with Crippen LogP contribution in [0.3, 0.4) is 0 Å². The number of carbonyl (C=O) groups excluding carboxylic acids is 1. The second-order valence-electron chi connectivity index (χ2n) is 5.34. The molecule has 1 aromatic rings. The third-order valence-electron chi connectivity index (χ3n) is 4.17. The van der Waals surface area contributed by atoms with Crippen LogP contribution in [0.25, 0.3) is 0 Å². The molecule has 1 aliphatic carbocycles. The van der Waals surface area contributed by atoms with Gasteiger partial charge in [0.15, 0.2) is 0 Å². The Morgan fingerprint density at radius 3 is 3.17 bits per heavy atom. The van der Waals surface area contributed by atoms with Crippen LogP contribution in [-0.4, -0.2) is 29.2 Å². The van der Waals surface area contributed by atoms with Gasteiger partial charge >= 0.3 is 0 Å². The van der Waals surface area contributed by atoms with Gasteiger partial charge in [0.2, 0.25) is 5.91 Å². The Bertz CT molecular complexity index is 445. The van der Waals surface area contributed by atoms with E-state index in [0.29, 0.717) is 11.8 Å². The smallest absolute Gasteiger partial charge is 0.230 e. The van der Waals surface area contributed by atoms with Crippen molar-refractivity contribution in [2.24, 2.45) is 5.92 Å². The molecule has 1 aromatic heterocycles. The highest BCUT2D eigenvalue weighted by Crippen LogP contribution is 2.37. The number of amides is 1. The molecule has 1 amide bonds. The molecule has 2 unspecified atom stereocenters.